The van der Waals surface area contributed by atoms with E-state index in [1.165, 1.54) is 18.2 Å². The summed E-state index contributed by atoms with van der Waals surface area (Å²) in [5.41, 5.74) is 0.244. The molecule has 0 spiro atoms. The van der Waals surface area contributed by atoms with E-state index in [1.807, 2.05) is 0 Å². The second-order valence-electron chi connectivity index (χ2n) is 7.39. The third-order valence-corrected chi connectivity index (χ3v) is 5.36. The van der Waals surface area contributed by atoms with Crippen LogP contribution < -0.4 is 0 Å². The molecule has 0 aliphatic carbocycles. The standard InChI is InChI=1S/C21H22N2O6/c24-16-5-6-18(25)17(11-16)14-1-3-15(4-2-14)19(26)22-7-9-23(10-8-22)20(27)21(28)12-29-13-21/h1-6,11,24-25,28H,7-10,12-13H2. The minimum absolute atomic E-state index is 0.0199. The molecule has 0 atom stereocenters. The first-order valence-electron chi connectivity index (χ1n) is 9.39. The zero-order chi connectivity index (χ0) is 20.6. The molecular weight excluding hydrogens is 376 g/mol. The van der Waals surface area contributed by atoms with Crippen LogP contribution >= 0.6 is 0 Å². The molecule has 2 heterocycles. The van der Waals surface area contributed by atoms with Crippen molar-refractivity contribution in [3.63, 3.8) is 0 Å². The molecule has 2 amide bonds. The molecule has 4 rings (SSSR count). The fourth-order valence-electron chi connectivity index (χ4n) is 3.56. The van der Waals surface area contributed by atoms with Gasteiger partial charge in [-0.1, -0.05) is 12.1 Å². The van der Waals surface area contributed by atoms with E-state index in [2.05, 4.69) is 0 Å². The Morgan fingerprint density at radius 3 is 2.10 bits per heavy atom. The SMILES string of the molecule is O=C(c1ccc(-c2cc(O)ccc2O)cc1)N1CCN(C(=O)C2(O)COC2)CC1. The van der Waals surface area contributed by atoms with Gasteiger partial charge in [0.25, 0.3) is 11.8 Å². The number of carbonyl (C=O) groups is 2. The molecule has 2 aromatic carbocycles. The van der Waals surface area contributed by atoms with Gasteiger partial charge in [-0.05, 0) is 35.9 Å². The van der Waals surface area contributed by atoms with Gasteiger partial charge < -0.3 is 29.9 Å². The van der Waals surface area contributed by atoms with E-state index in [0.717, 1.165) is 0 Å². The molecule has 0 aromatic heterocycles. The molecule has 2 aliphatic heterocycles. The Bertz CT molecular complexity index is 931. The second-order valence-corrected chi connectivity index (χ2v) is 7.39. The Morgan fingerprint density at radius 1 is 0.897 bits per heavy atom. The van der Waals surface area contributed by atoms with Crippen LogP contribution in [0.5, 0.6) is 11.5 Å². The van der Waals surface area contributed by atoms with Crippen molar-refractivity contribution < 1.29 is 29.6 Å². The third-order valence-electron chi connectivity index (χ3n) is 5.36. The number of hydrogen-bond donors (Lipinski definition) is 3. The molecule has 0 saturated carbocycles. The Morgan fingerprint density at radius 2 is 1.52 bits per heavy atom. The zero-order valence-electron chi connectivity index (χ0n) is 15.7. The van der Waals surface area contributed by atoms with E-state index >= 15 is 0 Å². The van der Waals surface area contributed by atoms with Crippen molar-refractivity contribution >= 4 is 11.8 Å². The van der Waals surface area contributed by atoms with Gasteiger partial charge in [-0.2, -0.15) is 0 Å². The van der Waals surface area contributed by atoms with Crippen molar-refractivity contribution in [2.45, 2.75) is 5.60 Å². The first kappa shape index (κ1) is 19.2. The number of hydrogen-bond acceptors (Lipinski definition) is 6. The lowest BCUT2D eigenvalue weighted by atomic mass is 10.00. The van der Waals surface area contributed by atoms with Gasteiger partial charge >= 0.3 is 0 Å². The molecule has 0 radical (unpaired) electrons. The van der Waals surface area contributed by atoms with Crippen LogP contribution in [0.1, 0.15) is 10.4 Å². The Kier molecular flexibility index (Phi) is 4.89. The van der Waals surface area contributed by atoms with Crippen LogP contribution in [0, 0.1) is 0 Å². The van der Waals surface area contributed by atoms with Gasteiger partial charge in [-0.15, -0.1) is 0 Å². The monoisotopic (exact) mass is 398 g/mol. The molecule has 29 heavy (non-hydrogen) atoms. The highest BCUT2D eigenvalue weighted by Gasteiger charge is 2.46. The lowest BCUT2D eigenvalue weighted by Crippen LogP contribution is -2.64. The van der Waals surface area contributed by atoms with Crippen molar-refractivity contribution in [2.24, 2.45) is 0 Å². The summed E-state index contributed by atoms with van der Waals surface area (Å²) in [4.78, 5) is 28.3. The van der Waals surface area contributed by atoms with Gasteiger partial charge in [-0.3, -0.25) is 9.59 Å². The number of carbonyl (C=O) groups excluding carboxylic acids is 2. The van der Waals surface area contributed by atoms with Crippen LogP contribution in [0.2, 0.25) is 0 Å². The smallest absolute Gasteiger partial charge is 0.259 e. The highest BCUT2D eigenvalue weighted by atomic mass is 16.5. The van der Waals surface area contributed by atoms with Crippen molar-refractivity contribution in [1.29, 1.82) is 0 Å². The number of piperazine rings is 1. The third kappa shape index (κ3) is 3.64. The number of aliphatic hydroxyl groups is 1. The number of ether oxygens (including phenoxy) is 1. The van der Waals surface area contributed by atoms with E-state index in [0.29, 0.717) is 42.9 Å². The normalized spacial score (nSPS) is 18.2. The van der Waals surface area contributed by atoms with Crippen molar-refractivity contribution in [3.05, 3.63) is 48.0 Å². The molecule has 2 fully saturated rings. The van der Waals surface area contributed by atoms with Gasteiger partial charge in [0.15, 0.2) is 5.60 Å². The highest BCUT2D eigenvalue weighted by molar-refractivity contribution is 5.95. The summed E-state index contributed by atoms with van der Waals surface area (Å²) in [5, 5.41) is 29.7. The summed E-state index contributed by atoms with van der Waals surface area (Å²) in [6.07, 6.45) is 0. The highest BCUT2D eigenvalue weighted by Crippen LogP contribution is 2.32. The zero-order valence-corrected chi connectivity index (χ0v) is 15.7. The summed E-state index contributed by atoms with van der Waals surface area (Å²) in [5.74, 6) is -0.398. The van der Waals surface area contributed by atoms with Crippen molar-refractivity contribution in [1.82, 2.24) is 9.80 Å². The molecule has 2 aromatic rings. The fraction of sp³-hybridized carbons (Fsp3) is 0.333. The maximum atomic E-state index is 12.8. The summed E-state index contributed by atoms with van der Waals surface area (Å²) in [6, 6.07) is 11.1. The van der Waals surface area contributed by atoms with E-state index < -0.39 is 5.60 Å². The average Bonchev–Trinajstić information content (AvgIpc) is 2.73. The number of amides is 2. The number of phenols is 2. The van der Waals surface area contributed by atoms with E-state index in [-0.39, 0.29) is 36.5 Å². The number of rotatable bonds is 3. The van der Waals surface area contributed by atoms with Gasteiger partial charge in [-0.25, -0.2) is 0 Å². The van der Waals surface area contributed by atoms with Gasteiger partial charge in [0.2, 0.25) is 0 Å². The average molecular weight is 398 g/mol. The minimum atomic E-state index is -1.42. The van der Waals surface area contributed by atoms with Crippen molar-refractivity contribution in [2.75, 3.05) is 39.4 Å². The molecule has 152 valence electrons. The van der Waals surface area contributed by atoms with E-state index in [1.54, 1.807) is 34.1 Å². The van der Waals surface area contributed by atoms with Crippen LogP contribution in [0.3, 0.4) is 0 Å². The first-order valence-corrected chi connectivity index (χ1v) is 9.39. The lowest BCUT2D eigenvalue weighted by Gasteiger charge is -2.42. The molecule has 0 unspecified atom stereocenters. The quantitative estimate of drug-likeness (QED) is 0.660. The van der Waals surface area contributed by atoms with Crippen LogP contribution in [0.25, 0.3) is 11.1 Å². The number of benzene rings is 2. The molecule has 3 N–H and O–H groups in total. The number of aromatic hydroxyl groups is 2. The summed E-state index contributed by atoms with van der Waals surface area (Å²) >= 11 is 0. The molecule has 2 saturated heterocycles. The molecule has 2 aliphatic rings. The topological polar surface area (TPSA) is 111 Å². The largest absolute Gasteiger partial charge is 0.508 e. The molecule has 8 heteroatoms. The van der Waals surface area contributed by atoms with Crippen molar-refractivity contribution in [3.8, 4) is 22.6 Å². The number of nitrogens with zero attached hydrogens (tertiary/aromatic N) is 2. The predicted molar refractivity (Wildman–Crippen MR) is 103 cm³/mol. The Balaban J connectivity index is 1.40. The van der Waals surface area contributed by atoms with E-state index in [4.69, 9.17) is 4.74 Å². The summed E-state index contributed by atoms with van der Waals surface area (Å²) in [7, 11) is 0. The molecular formula is C21H22N2O6. The lowest BCUT2D eigenvalue weighted by molar-refractivity contribution is -0.201. The van der Waals surface area contributed by atoms with E-state index in [9.17, 15) is 24.9 Å². The van der Waals surface area contributed by atoms with Gasteiger partial charge in [0.05, 0.1) is 13.2 Å². The fourth-order valence-corrected chi connectivity index (χ4v) is 3.56. The Labute approximate surface area is 167 Å². The predicted octanol–water partition coefficient (Wildman–Crippen LogP) is 0.810. The maximum Gasteiger partial charge on any atom is 0.259 e. The van der Waals surface area contributed by atoms with Crippen LogP contribution in [-0.2, 0) is 9.53 Å². The second kappa shape index (κ2) is 7.38. The molecule has 0 bridgehead atoms. The van der Waals surface area contributed by atoms with Crippen LogP contribution in [0.15, 0.2) is 42.5 Å². The van der Waals surface area contributed by atoms with Gasteiger partial charge in [0, 0.05) is 37.3 Å². The summed E-state index contributed by atoms with van der Waals surface area (Å²) < 4.78 is 4.93. The molecule has 8 nitrogen and oxygen atoms in total. The minimum Gasteiger partial charge on any atom is -0.508 e. The van der Waals surface area contributed by atoms with Crippen LogP contribution in [0.4, 0.5) is 0 Å². The van der Waals surface area contributed by atoms with Gasteiger partial charge in [0.1, 0.15) is 11.5 Å². The Hall–Kier alpha value is -3.10. The summed E-state index contributed by atoms with van der Waals surface area (Å²) in [6.45, 7) is 1.54. The first-order chi connectivity index (χ1) is 13.9. The van der Waals surface area contributed by atoms with Crippen LogP contribution in [-0.4, -0.2) is 81.9 Å². The maximum absolute atomic E-state index is 12.8. The number of phenolic OH excluding ortho intramolecular Hbond substituents is 2.